The number of likely N-dealkylation sites (N-methyl/N-ethyl adjacent to an activating group) is 1. The van der Waals surface area contributed by atoms with Crippen LogP contribution in [-0.4, -0.2) is 37.6 Å². The number of benzene rings is 2. The van der Waals surface area contributed by atoms with Crippen LogP contribution in [0.3, 0.4) is 0 Å². The lowest BCUT2D eigenvalue weighted by Crippen LogP contribution is -2.33. The molecule has 0 aromatic heterocycles. The molecule has 0 atom stereocenters. The normalized spacial score (nSPS) is 10.6. The molecule has 0 spiro atoms. The fourth-order valence-corrected chi connectivity index (χ4v) is 2.17. The van der Waals surface area contributed by atoms with Crippen molar-refractivity contribution in [1.82, 2.24) is 4.90 Å². The van der Waals surface area contributed by atoms with Crippen molar-refractivity contribution in [2.75, 3.05) is 32.1 Å². The maximum Gasteiger partial charge on any atom is 0.238 e. The van der Waals surface area contributed by atoms with Crippen LogP contribution in [0.4, 0.5) is 10.1 Å². The predicted octanol–water partition coefficient (Wildman–Crippen LogP) is 3.54. The Labute approximate surface area is 143 Å². The van der Waals surface area contributed by atoms with Crippen molar-refractivity contribution < 1.29 is 13.9 Å². The topological polar surface area (TPSA) is 41.6 Å². The van der Waals surface area contributed by atoms with E-state index in [9.17, 15) is 9.18 Å². The van der Waals surface area contributed by atoms with E-state index in [0.717, 1.165) is 10.2 Å². The van der Waals surface area contributed by atoms with E-state index in [4.69, 9.17) is 4.74 Å². The number of anilines is 1. The van der Waals surface area contributed by atoms with Crippen LogP contribution >= 0.6 is 15.9 Å². The van der Waals surface area contributed by atoms with E-state index in [1.807, 2.05) is 36.2 Å². The van der Waals surface area contributed by atoms with Crippen molar-refractivity contribution in [3.05, 3.63) is 58.8 Å². The maximum absolute atomic E-state index is 12.8. The molecule has 0 fully saturated rings. The number of halogens is 2. The molecule has 0 radical (unpaired) electrons. The Hall–Kier alpha value is -1.92. The van der Waals surface area contributed by atoms with E-state index in [1.165, 1.54) is 12.1 Å². The van der Waals surface area contributed by atoms with Crippen molar-refractivity contribution in [3.63, 3.8) is 0 Å². The summed E-state index contributed by atoms with van der Waals surface area (Å²) < 4.78 is 19.2. The Morgan fingerprint density at radius 2 is 1.83 bits per heavy atom. The Morgan fingerprint density at radius 3 is 2.48 bits per heavy atom. The van der Waals surface area contributed by atoms with Crippen LogP contribution in [0.15, 0.2) is 53.0 Å². The smallest absolute Gasteiger partial charge is 0.238 e. The number of amides is 1. The number of carbonyl (C=O) groups excluding carboxylic acids is 1. The summed E-state index contributed by atoms with van der Waals surface area (Å²) in [7, 11) is 1.84. The summed E-state index contributed by atoms with van der Waals surface area (Å²) in [5.74, 6) is 0.231. The number of rotatable bonds is 7. The molecular weight excluding hydrogens is 363 g/mol. The van der Waals surface area contributed by atoms with Crippen molar-refractivity contribution in [3.8, 4) is 5.75 Å². The molecule has 23 heavy (non-hydrogen) atoms. The molecule has 0 aliphatic heterocycles. The first-order valence-electron chi connectivity index (χ1n) is 7.15. The van der Waals surface area contributed by atoms with Crippen LogP contribution in [0.25, 0.3) is 0 Å². The standard InChI is InChI=1S/C17H18BrFN2O2/c1-21(10-11-23-16-8-4-14(19)5-9-16)12-17(22)20-15-6-2-13(18)3-7-15/h2-9H,10-12H2,1H3,(H,20,22). The largest absolute Gasteiger partial charge is 0.492 e. The lowest BCUT2D eigenvalue weighted by molar-refractivity contribution is -0.117. The van der Waals surface area contributed by atoms with Gasteiger partial charge in [-0.1, -0.05) is 15.9 Å². The van der Waals surface area contributed by atoms with Gasteiger partial charge in [-0.3, -0.25) is 9.69 Å². The lowest BCUT2D eigenvalue weighted by Gasteiger charge is -2.16. The molecule has 122 valence electrons. The van der Waals surface area contributed by atoms with Gasteiger partial charge < -0.3 is 10.1 Å². The molecule has 1 amide bonds. The minimum absolute atomic E-state index is 0.0865. The first kappa shape index (κ1) is 17.4. The Balaban J connectivity index is 1.69. The molecule has 0 unspecified atom stereocenters. The fourth-order valence-electron chi connectivity index (χ4n) is 1.91. The fraction of sp³-hybridized carbons (Fsp3) is 0.235. The highest BCUT2D eigenvalue weighted by molar-refractivity contribution is 9.10. The molecule has 0 saturated carbocycles. The molecule has 0 aliphatic rings. The predicted molar refractivity (Wildman–Crippen MR) is 92.2 cm³/mol. The summed E-state index contributed by atoms with van der Waals surface area (Å²) in [6.45, 7) is 1.28. The van der Waals surface area contributed by atoms with Gasteiger partial charge in [0.2, 0.25) is 5.91 Å². The summed E-state index contributed by atoms with van der Waals surface area (Å²) in [5, 5.41) is 2.83. The number of hydrogen-bond donors (Lipinski definition) is 1. The van der Waals surface area contributed by atoms with Crippen molar-refractivity contribution in [1.29, 1.82) is 0 Å². The number of hydrogen-bond acceptors (Lipinski definition) is 3. The van der Waals surface area contributed by atoms with Gasteiger partial charge in [-0.15, -0.1) is 0 Å². The van der Waals surface area contributed by atoms with Gasteiger partial charge in [0.25, 0.3) is 0 Å². The average Bonchev–Trinajstić information content (AvgIpc) is 2.51. The number of nitrogens with one attached hydrogen (secondary N) is 1. The van der Waals surface area contributed by atoms with Crippen LogP contribution < -0.4 is 10.1 Å². The van der Waals surface area contributed by atoms with E-state index in [1.54, 1.807) is 12.1 Å². The molecule has 2 aromatic carbocycles. The number of nitrogens with zero attached hydrogens (tertiary/aromatic N) is 1. The van der Waals surface area contributed by atoms with Crippen molar-refractivity contribution >= 4 is 27.5 Å². The zero-order valence-electron chi connectivity index (χ0n) is 12.8. The van der Waals surface area contributed by atoms with Gasteiger partial charge in [-0.2, -0.15) is 0 Å². The van der Waals surface area contributed by atoms with E-state index in [-0.39, 0.29) is 18.3 Å². The van der Waals surface area contributed by atoms with Gasteiger partial charge in [0.05, 0.1) is 6.54 Å². The molecule has 2 rings (SSSR count). The second kappa shape index (κ2) is 8.64. The van der Waals surface area contributed by atoms with Crippen LogP contribution in [-0.2, 0) is 4.79 Å². The van der Waals surface area contributed by atoms with Crippen LogP contribution in [0.5, 0.6) is 5.75 Å². The zero-order chi connectivity index (χ0) is 16.7. The third kappa shape index (κ3) is 6.38. The molecule has 6 heteroatoms. The van der Waals surface area contributed by atoms with Gasteiger partial charge in [-0.25, -0.2) is 4.39 Å². The highest BCUT2D eigenvalue weighted by Crippen LogP contribution is 2.14. The number of carbonyl (C=O) groups is 1. The maximum atomic E-state index is 12.8. The Kier molecular flexibility index (Phi) is 6.55. The minimum atomic E-state index is -0.293. The summed E-state index contributed by atoms with van der Waals surface area (Å²) in [6.07, 6.45) is 0. The monoisotopic (exact) mass is 380 g/mol. The summed E-state index contributed by atoms with van der Waals surface area (Å²) in [6, 6.07) is 13.3. The Morgan fingerprint density at radius 1 is 1.17 bits per heavy atom. The SMILES string of the molecule is CN(CCOc1ccc(F)cc1)CC(=O)Nc1ccc(Br)cc1. The van der Waals surface area contributed by atoms with Crippen molar-refractivity contribution in [2.24, 2.45) is 0 Å². The molecular formula is C17H18BrFN2O2. The van der Waals surface area contributed by atoms with Crippen LogP contribution in [0.1, 0.15) is 0 Å². The highest BCUT2D eigenvalue weighted by Gasteiger charge is 2.07. The molecule has 0 aliphatic carbocycles. The average molecular weight is 381 g/mol. The van der Waals surface area contributed by atoms with Crippen molar-refractivity contribution in [2.45, 2.75) is 0 Å². The lowest BCUT2D eigenvalue weighted by atomic mass is 10.3. The van der Waals surface area contributed by atoms with Crippen LogP contribution in [0.2, 0.25) is 0 Å². The Bertz CT molecular complexity index is 632. The first-order chi connectivity index (χ1) is 11.0. The van der Waals surface area contributed by atoms with Gasteiger partial charge >= 0.3 is 0 Å². The zero-order valence-corrected chi connectivity index (χ0v) is 14.3. The third-order valence-corrected chi connectivity index (χ3v) is 3.63. The van der Waals surface area contributed by atoms with E-state index in [0.29, 0.717) is 18.9 Å². The van der Waals surface area contributed by atoms with E-state index in [2.05, 4.69) is 21.2 Å². The summed E-state index contributed by atoms with van der Waals surface area (Å²) in [4.78, 5) is 13.8. The third-order valence-electron chi connectivity index (χ3n) is 3.10. The molecule has 0 saturated heterocycles. The minimum Gasteiger partial charge on any atom is -0.492 e. The van der Waals surface area contributed by atoms with Crippen LogP contribution in [0, 0.1) is 5.82 Å². The molecule has 0 bridgehead atoms. The molecule has 2 aromatic rings. The van der Waals surface area contributed by atoms with E-state index < -0.39 is 0 Å². The van der Waals surface area contributed by atoms with E-state index >= 15 is 0 Å². The second-order valence-electron chi connectivity index (χ2n) is 5.10. The first-order valence-corrected chi connectivity index (χ1v) is 7.94. The quantitative estimate of drug-likeness (QED) is 0.798. The molecule has 1 N–H and O–H groups in total. The van der Waals surface area contributed by atoms with Gasteiger partial charge in [-0.05, 0) is 55.6 Å². The second-order valence-corrected chi connectivity index (χ2v) is 6.01. The number of ether oxygens (including phenoxy) is 1. The highest BCUT2D eigenvalue weighted by atomic mass is 79.9. The summed E-state index contributed by atoms with van der Waals surface area (Å²) >= 11 is 3.35. The molecule has 0 heterocycles. The van der Waals surface area contributed by atoms with Gasteiger partial charge in [0.1, 0.15) is 18.2 Å². The summed E-state index contributed by atoms with van der Waals surface area (Å²) in [5.41, 5.74) is 0.758. The van der Waals surface area contributed by atoms with Gasteiger partial charge in [0.15, 0.2) is 0 Å². The molecule has 4 nitrogen and oxygen atoms in total. The van der Waals surface area contributed by atoms with Gasteiger partial charge in [0, 0.05) is 16.7 Å².